The van der Waals surface area contributed by atoms with E-state index in [1.807, 2.05) is 12.1 Å². The van der Waals surface area contributed by atoms with Gasteiger partial charge in [-0.15, -0.1) is 0 Å². The van der Waals surface area contributed by atoms with Crippen LogP contribution in [0, 0.1) is 0 Å². The molecule has 0 aromatic heterocycles. The van der Waals surface area contributed by atoms with Crippen molar-refractivity contribution < 1.29 is 13.9 Å². The van der Waals surface area contributed by atoms with Gasteiger partial charge in [-0.2, -0.15) is 0 Å². The highest BCUT2D eigenvalue weighted by Gasteiger charge is 2.36. The summed E-state index contributed by atoms with van der Waals surface area (Å²) in [5.74, 6) is 1.39. The Morgan fingerprint density at radius 1 is 1.11 bits per heavy atom. The molecule has 1 saturated carbocycles. The van der Waals surface area contributed by atoms with Gasteiger partial charge in [0.15, 0.2) is 11.5 Å². The van der Waals surface area contributed by atoms with Crippen molar-refractivity contribution in [2.75, 3.05) is 13.2 Å². The van der Waals surface area contributed by atoms with E-state index in [9.17, 15) is 4.39 Å². The Kier molecular flexibility index (Phi) is 3.35. The Balaban J connectivity index is 1.87. The molecular formula is C15H20FNO2. The molecule has 0 saturated heterocycles. The average Bonchev–Trinajstić information content (AvgIpc) is 2.66. The monoisotopic (exact) mass is 265 g/mol. The lowest BCUT2D eigenvalue weighted by Gasteiger charge is -2.33. The maximum atomic E-state index is 15.0. The highest BCUT2D eigenvalue weighted by molar-refractivity contribution is 5.45. The van der Waals surface area contributed by atoms with Crippen molar-refractivity contribution in [1.82, 2.24) is 0 Å². The highest BCUT2D eigenvalue weighted by atomic mass is 19.1. The summed E-state index contributed by atoms with van der Waals surface area (Å²) in [7, 11) is 0. The minimum absolute atomic E-state index is 0.143. The minimum Gasteiger partial charge on any atom is -0.490 e. The zero-order valence-electron chi connectivity index (χ0n) is 11.0. The first-order valence-corrected chi connectivity index (χ1v) is 7.02. The van der Waals surface area contributed by atoms with Gasteiger partial charge in [0.25, 0.3) is 0 Å². The molecule has 0 unspecified atom stereocenters. The number of halogens is 1. The summed E-state index contributed by atoms with van der Waals surface area (Å²) in [6.45, 7) is 1.28. The zero-order valence-corrected chi connectivity index (χ0v) is 11.0. The molecule has 104 valence electrons. The molecule has 0 radical (unpaired) electrons. The fourth-order valence-corrected chi connectivity index (χ4v) is 2.83. The average molecular weight is 265 g/mol. The van der Waals surface area contributed by atoms with E-state index in [-0.39, 0.29) is 6.04 Å². The van der Waals surface area contributed by atoms with Gasteiger partial charge < -0.3 is 15.2 Å². The van der Waals surface area contributed by atoms with Crippen molar-refractivity contribution in [3.63, 3.8) is 0 Å². The first kappa shape index (κ1) is 12.7. The second kappa shape index (κ2) is 5.00. The van der Waals surface area contributed by atoms with Gasteiger partial charge in [-0.05, 0) is 43.4 Å². The number of alkyl halides is 1. The predicted octanol–water partition coefficient (Wildman–Crippen LogP) is 2.91. The summed E-state index contributed by atoms with van der Waals surface area (Å²) in [6.07, 6.45) is 3.33. The fourth-order valence-electron chi connectivity index (χ4n) is 2.83. The van der Waals surface area contributed by atoms with E-state index in [2.05, 4.69) is 0 Å². The van der Waals surface area contributed by atoms with Crippen molar-refractivity contribution in [3.8, 4) is 11.5 Å². The molecule has 4 heteroatoms. The van der Waals surface area contributed by atoms with E-state index in [0.717, 1.165) is 25.0 Å². The SMILES string of the molecule is NC1CCC(F)(c2ccc3c(c2)OCCCO3)CC1. The molecule has 1 aromatic rings. The van der Waals surface area contributed by atoms with Crippen molar-refractivity contribution >= 4 is 0 Å². The fraction of sp³-hybridized carbons (Fsp3) is 0.600. The number of hydrogen-bond acceptors (Lipinski definition) is 3. The van der Waals surface area contributed by atoms with Crippen LogP contribution in [0.3, 0.4) is 0 Å². The summed E-state index contributed by atoms with van der Waals surface area (Å²) in [6, 6.07) is 5.59. The molecule has 3 rings (SSSR count). The van der Waals surface area contributed by atoms with Crippen molar-refractivity contribution in [1.29, 1.82) is 0 Å². The second-order valence-electron chi connectivity index (χ2n) is 5.51. The topological polar surface area (TPSA) is 44.5 Å². The van der Waals surface area contributed by atoms with Crippen molar-refractivity contribution in [2.24, 2.45) is 5.73 Å². The van der Waals surface area contributed by atoms with Gasteiger partial charge in [0.05, 0.1) is 13.2 Å². The molecule has 2 N–H and O–H groups in total. The van der Waals surface area contributed by atoms with Crippen LogP contribution < -0.4 is 15.2 Å². The van der Waals surface area contributed by atoms with Crippen LogP contribution in [0.25, 0.3) is 0 Å². The smallest absolute Gasteiger partial charge is 0.161 e. The van der Waals surface area contributed by atoms with E-state index >= 15 is 0 Å². The Labute approximate surface area is 112 Å². The van der Waals surface area contributed by atoms with E-state index in [0.29, 0.717) is 37.4 Å². The largest absolute Gasteiger partial charge is 0.490 e. The predicted molar refractivity (Wildman–Crippen MR) is 71.3 cm³/mol. The third kappa shape index (κ3) is 2.54. The lowest BCUT2D eigenvalue weighted by molar-refractivity contribution is 0.0975. The Morgan fingerprint density at radius 3 is 2.53 bits per heavy atom. The molecule has 1 fully saturated rings. The van der Waals surface area contributed by atoms with Crippen LogP contribution >= 0.6 is 0 Å². The summed E-state index contributed by atoms with van der Waals surface area (Å²) in [5.41, 5.74) is 5.29. The highest BCUT2D eigenvalue weighted by Crippen LogP contribution is 2.43. The molecule has 1 aliphatic carbocycles. The minimum atomic E-state index is -1.26. The Bertz CT molecular complexity index is 455. The number of benzene rings is 1. The van der Waals surface area contributed by atoms with Crippen LogP contribution in [-0.4, -0.2) is 19.3 Å². The van der Waals surface area contributed by atoms with Crippen LogP contribution in [0.15, 0.2) is 18.2 Å². The molecule has 19 heavy (non-hydrogen) atoms. The normalized spacial score (nSPS) is 30.7. The van der Waals surface area contributed by atoms with Gasteiger partial charge in [0, 0.05) is 12.5 Å². The van der Waals surface area contributed by atoms with E-state index in [4.69, 9.17) is 15.2 Å². The van der Waals surface area contributed by atoms with Crippen LogP contribution in [0.5, 0.6) is 11.5 Å². The summed E-state index contributed by atoms with van der Waals surface area (Å²) < 4.78 is 26.2. The van der Waals surface area contributed by atoms with Gasteiger partial charge in [-0.25, -0.2) is 4.39 Å². The molecule has 1 aliphatic heterocycles. The number of rotatable bonds is 1. The first-order chi connectivity index (χ1) is 9.17. The van der Waals surface area contributed by atoms with Crippen LogP contribution in [0.1, 0.15) is 37.7 Å². The van der Waals surface area contributed by atoms with Crippen molar-refractivity contribution in [2.45, 2.75) is 43.8 Å². The third-order valence-electron chi connectivity index (χ3n) is 4.09. The van der Waals surface area contributed by atoms with Gasteiger partial charge in [-0.3, -0.25) is 0 Å². The molecule has 0 bridgehead atoms. The van der Waals surface area contributed by atoms with Crippen LogP contribution in [-0.2, 0) is 5.67 Å². The van der Waals surface area contributed by atoms with E-state index in [1.165, 1.54) is 0 Å². The molecule has 0 amide bonds. The first-order valence-electron chi connectivity index (χ1n) is 7.02. The molecule has 1 heterocycles. The number of ether oxygens (including phenoxy) is 2. The van der Waals surface area contributed by atoms with Crippen LogP contribution in [0.2, 0.25) is 0 Å². The molecule has 3 nitrogen and oxygen atoms in total. The van der Waals surface area contributed by atoms with Gasteiger partial charge >= 0.3 is 0 Å². The standard InChI is InChI=1S/C15H20FNO2/c16-15(6-4-12(17)5-7-15)11-2-3-13-14(10-11)19-9-1-8-18-13/h2-3,10,12H,1,4-9,17H2. The van der Waals surface area contributed by atoms with Gasteiger partial charge in [-0.1, -0.05) is 6.07 Å². The maximum absolute atomic E-state index is 15.0. The summed E-state index contributed by atoms with van der Waals surface area (Å²) >= 11 is 0. The summed E-state index contributed by atoms with van der Waals surface area (Å²) in [5, 5.41) is 0. The molecule has 0 atom stereocenters. The number of nitrogens with two attached hydrogens (primary N) is 1. The van der Waals surface area contributed by atoms with E-state index in [1.54, 1.807) is 6.07 Å². The zero-order chi connectivity index (χ0) is 13.3. The van der Waals surface area contributed by atoms with Crippen LogP contribution in [0.4, 0.5) is 4.39 Å². The van der Waals surface area contributed by atoms with E-state index < -0.39 is 5.67 Å². The van der Waals surface area contributed by atoms with Gasteiger partial charge in [0.1, 0.15) is 5.67 Å². The Morgan fingerprint density at radius 2 is 1.79 bits per heavy atom. The lowest BCUT2D eigenvalue weighted by atomic mass is 9.79. The molecule has 2 aliphatic rings. The second-order valence-corrected chi connectivity index (χ2v) is 5.51. The van der Waals surface area contributed by atoms with Gasteiger partial charge in [0.2, 0.25) is 0 Å². The molecule has 0 spiro atoms. The Hall–Kier alpha value is -1.29. The molecular weight excluding hydrogens is 245 g/mol. The number of hydrogen-bond donors (Lipinski definition) is 1. The third-order valence-corrected chi connectivity index (χ3v) is 4.09. The number of fused-ring (bicyclic) bond motifs is 1. The molecule has 1 aromatic carbocycles. The summed E-state index contributed by atoms with van der Waals surface area (Å²) in [4.78, 5) is 0. The van der Waals surface area contributed by atoms with Crippen molar-refractivity contribution in [3.05, 3.63) is 23.8 Å². The maximum Gasteiger partial charge on any atom is 0.161 e. The lowest BCUT2D eigenvalue weighted by Crippen LogP contribution is -2.33. The quantitative estimate of drug-likeness (QED) is 0.849.